The molecule has 1 saturated heterocycles. The third kappa shape index (κ3) is 8.94. The lowest BCUT2D eigenvalue weighted by atomic mass is 9.85. The van der Waals surface area contributed by atoms with E-state index in [2.05, 4.69) is 26.9 Å². The van der Waals surface area contributed by atoms with E-state index in [9.17, 15) is 27.6 Å². The number of ether oxygens (including phenoxy) is 4. The van der Waals surface area contributed by atoms with Gasteiger partial charge in [-0.3, -0.25) is 19.1 Å². The molecule has 4 amide bonds. The van der Waals surface area contributed by atoms with Gasteiger partial charge in [-0.25, -0.2) is 18.2 Å². The molecule has 0 unspecified atom stereocenters. The van der Waals surface area contributed by atoms with E-state index in [4.69, 9.17) is 18.9 Å². The molecule has 1 aromatic carbocycles. The molecule has 3 heterocycles. The second-order valence-corrected chi connectivity index (χ2v) is 18.6. The summed E-state index contributed by atoms with van der Waals surface area (Å²) in [6.45, 7) is 15.5. The zero-order valence-electron chi connectivity index (χ0n) is 31.4. The van der Waals surface area contributed by atoms with Gasteiger partial charge >= 0.3 is 6.09 Å². The van der Waals surface area contributed by atoms with E-state index < -0.39 is 73.8 Å². The highest BCUT2D eigenvalue weighted by atomic mass is 32.2. The number of hydrogen-bond acceptors (Lipinski definition) is 12. The lowest BCUT2D eigenvalue weighted by Crippen LogP contribution is -2.62. The van der Waals surface area contributed by atoms with Crippen molar-refractivity contribution in [2.24, 2.45) is 5.41 Å². The molecule has 2 aromatic rings. The van der Waals surface area contributed by atoms with Gasteiger partial charge in [0, 0.05) is 23.4 Å². The average Bonchev–Trinajstić information content (AvgIpc) is 3.66. The zero-order chi connectivity index (χ0) is 39.1. The lowest BCUT2D eigenvalue weighted by molar-refractivity contribution is -0.143. The number of carbonyl (C=O) groups excluding carboxylic acids is 4. The predicted molar refractivity (Wildman–Crippen MR) is 198 cm³/mol. The Balaban J connectivity index is 1.48. The van der Waals surface area contributed by atoms with Crippen LogP contribution in [0.4, 0.5) is 4.79 Å². The molecule has 0 radical (unpaired) electrons. The predicted octanol–water partition coefficient (Wildman–Crippen LogP) is 4.03. The number of benzene rings is 1. The van der Waals surface area contributed by atoms with Crippen LogP contribution in [0, 0.1) is 5.41 Å². The lowest BCUT2D eigenvalue weighted by Gasteiger charge is -2.36. The Morgan fingerprint density at radius 1 is 1.09 bits per heavy atom. The Kier molecular flexibility index (Phi) is 11.2. The first-order chi connectivity index (χ1) is 24.7. The van der Waals surface area contributed by atoms with Gasteiger partial charge in [0.05, 0.1) is 16.7 Å². The quantitative estimate of drug-likeness (QED) is 0.208. The smallest absolute Gasteiger partial charge is 0.408 e. The van der Waals surface area contributed by atoms with Gasteiger partial charge in [0.1, 0.15) is 29.3 Å². The summed E-state index contributed by atoms with van der Waals surface area (Å²) in [5.41, 5.74) is -3.41. The van der Waals surface area contributed by atoms with Crippen LogP contribution in [0.1, 0.15) is 74.1 Å². The highest BCUT2D eigenvalue weighted by Gasteiger charge is 2.49. The highest BCUT2D eigenvalue weighted by Crippen LogP contribution is 2.47. The minimum absolute atomic E-state index is 0.0228. The van der Waals surface area contributed by atoms with Gasteiger partial charge in [-0.15, -0.1) is 18.3 Å². The van der Waals surface area contributed by atoms with Crippen molar-refractivity contribution in [1.82, 2.24) is 25.2 Å². The van der Waals surface area contributed by atoms with Crippen LogP contribution in [-0.2, 0) is 29.1 Å². The number of rotatable bonds is 12. The number of hydrogen-bond donors (Lipinski definition) is 3. The fraction of sp³-hybridized carbons (Fsp3) is 0.583. The third-order valence-electron chi connectivity index (χ3n) is 9.08. The molecule has 2 aliphatic heterocycles. The van der Waals surface area contributed by atoms with Crippen LogP contribution in [-0.4, -0.2) is 96.3 Å². The number of nitrogens with one attached hydrogen (secondary N) is 3. The number of sulfonamides is 1. The second kappa shape index (κ2) is 14.9. The normalized spacial score (nSPS) is 20.3. The molecule has 0 spiro atoms. The SMILES string of the molecule is C=CC[C@](C)(NC(=O)[C@H]1C[C@@H](Oc2nccc3c4c(c(SC)cc23)OCO4)CN1C(=O)[C@@H](NC(=O)OC(C)(C)C)C(C)(C)C)C(=O)NS(=O)(=O)C1CC1. The van der Waals surface area contributed by atoms with Gasteiger partial charge < -0.3 is 34.5 Å². The maximum Gasteiger partial charge on any atom is 0.408 e. The van der Waals surface area contributed by atoms with Crippen LogP contribution in [0.25, 0.3) is 10.8 Å². The first-order valence-corrected chi connectivity index (χ1v) is 20.2. The molecule has 53 heavy (non-hydrogen) atoms. The van der Waals surface area contributed by atoms with E-state index in [1.165, 1.54) is 29.7 Å². The maximum absolute atomic E-state index is 14.5. The molecule has 290 valence electrons. The number of nitrogens with zero attached hydrogens (tertiary/aromatic N) is 2. The summed E-state index contributed by atoms with van der Waals surface area (Å²) in [6.07, 6.45) is 4.03. The van der Waals surface area contributed by atoms with Crippen molar-refractivity contribution in [3.63, 3.8) is 0 Å². The largest absolute Gasteiger partial charge is 0.472 e. The minimum Gasteiger partial charge on any atom is -0.472 e. The number of amides is 4. The van der Waals surface area contributed by atoms with Gasteiger partial charge in [-0.1, -0.05) is 26.8 Å². The van der Waals surface area contributed by atoms with Crippen molar-refractivity contribution >= 4 is 56.4 Å². The number of pyridine rings is 1. The molecule has 3 N–H and O–H groups in total. The monoisotopic (exact) mass is 775 g/mol. The van der Waals surface area contributed by atoms with Crippen LogP contribution in [0.3, 0.4) is 0 Å². The summed E-state index contributed by atoms with van der Waals surface area (Å²) >= 11 is 1.47. The van der Waals surface area contributed by atoms with Crippen LogP contribution in [0.15, 0.2) is 35.9 Å². The molecule has 1 aliphatic carbocycles. The minimum atomic E-state index is -3.94. The molecule has 1 aromatic heterocycles. The second-order valence-electron chi connectivity index (χ2n) is 15.8. The number of alkyl carbamates (subject to hydrolysis) is 1. The Morgan fingerprint density at radius 3 is 2.38 bits per heavy atom. The fourth-order valence-electron chi connectivity index (χ4n) is 6.22. The Labute approximate surface area is 314 Å². The van der Waals surface area contributed by atoms with E-state index in [0.717, 1.165) is 4.90 Å². The molecule has 4 atom stereocenters. The van der Waals surface area contributed by atoms with E-state index >= 15 is 0 Å². The van der Waals surface area contributed by atoms with Crippen molar-refractivity contribution in [2.75, 3.05) is 19.6 Å². The highest BCUT2D eigenvalue weighted by molar-refractivity contribution is 7.98. The zero-order valence-corrected chi connectivity index (χ0v) is 33.0. The summed E-state index contributed by atoms with van der Waals surface area (Å²) in [5, 5.41) is 6.09. The summed E-state index contributed by atoms with van der Waals surface area (Å²) in [4.78, 5) is 61.9. The molecular formula is C36H49N5O10S2. The average molecular weight is 776 g/mol. The van der Waals surface area contributed by atoms with Gasteiger partial charge in [0.2, 0.25) is 34.5 Å². The van der Waals surface area contributed by atoms with Crippen molar-refractivity contribution in [3.05, 3.63) is 31.0 Å². The van der Waals surface area contributed by atoms with Crippen LogP contribution in [0.5, 0.6) is 17.4 Å². The van der Waals surface area contributed by atoms with E-state index in [1.54, 1.807) is 53.8 Å². The Hall–Kier alpha value is -4.25. The van der Waals surface area contributed by atoms with Crippen molar-refractivity contribution in [2.45, 2.75) is 114 Å². The Morgan fingerprint density at radius 2 is 1.77 bits per heavy atom. The first-order valence-electron chi connectivity index (χ1n) is 17.4. The number of fused-ring (bicyclic) bond motifs is 3. The summed E-state index contributed by atoms with van der Waals surface area (Å²) in [7, 11) is -3.94. The summed E-state index contributed by atoms with van der Waals surface area (Å²) in [6, 6.07) is 1.32. The van der Waals surface area contributed by atoms with Crippen molar-refractivity contribution in [1.29, 1.82) is 0 Å². The molecule has 17 heteroatoms. The van der Waals surface area contributed by atoms with E-state index in [1.807, 2.05) is 12.3 Å². The summed E-state index contributed by atoms with van der Waals surface area (Å²) in [5.74, 6) is -0.807. The number of aromatic nitrogens is 1. The molecule has 0 bridgehead atoms. The molecule has 1 saturated carbocycles. The van der Waals surface area contributed by atoms with Crippen LogP contribution in [0.2, 0.25) is 0 Å². The first kappa shape index (κ1) is 39.9. The fourth-order valence-corrected chi connectivity index (χ4v) is 8.20. The Bertz CT molecular complexity index is 1900. The van der Waals surface area contributed by atoms with Crippen molar-refractivity contribution in [3.8, 4) is 17.4 Å². The van der Waals surface area contributed by atoms with E-state index in [0.29, 0.717) is 35.1 Å². The van der Waals surface area contributed by atoms with Crippen molar-refractivity contribution < 1.29 is 46.5 Å². The van der Waals surface area contributed by atoms with Crippen LogP contribution >= 0.6 is 11.8 Å². The number of likely N-dealkylation sites (tertiary alicyclic amines) is 1. The number of carbonyl (C=O) groups is 4. The molecule has 3 aliphatic rings. The van der Waals surface area contributed by atoms with Gasteiger partial charge in [-0.2, -0.15) is 0 Å². The standard InChI is InChI=1S/C36H49N5O10S2/c1-10-14-36(8,32(44)40-53(46,47)21-11-12-21)39-29(42)24-16-20(18-41(24)31(43)28(34(2,3)4)38-33(45)51-35(5,6)7)50-30-23-17-25(52-9)27-26(48-19-49-27)22(23)13-15-37-30/h10,13,15,17,20-21,24,28H,1,11-12,14,16,18-19H2,2-9H3,(H,38,45)(H,39,42)(H,40,44)/t20-,24-,28-,36+/m1/s1. The summed E-state index contributed by atoms with van der Waals surface area (Å²) < 4.78 is 50.9. The topological polar surface area (TPSA) is 192 Å². The third-order valence-corrected chi connectivity index (χ3v) is 11.6. The van der Waals surface area contributed by atoms with Crippen LogP contribution < -0.4 is 29.6 Å². The number of thioether (sulfide) groups is 1. The van der Waals surface area contributed by atoms with Gasteiger partial charge in [0.25, 0.3) is 5.91 Å². The van der Waals surface area contributed by atoms with Gasteiger partial charge in [-0.05, 0) is 70.8 Å². The maximum atomic E-state index is 14.5. The molecular weight excluding hydrogens is 727 g/mol. The molecule has 15 nitrogen and oxygen atoms in total. The molecule has 2 fully saturated rings. The van der Waals surface area contributed by atoms with Gasteiger partial charge in [0.15, 0.2) is 11.5 Å². The van der Waals surface area contributed by atoms with E-state index in [-0.39, 0.29) is 32.1 Å². The molecule has 5 rings (SSSR count).